The first-order valence-electron chi connectivity index (χ1n) is 45.2. The number of carbonyl (C=O) groups excluding carboxylic acids is 4. The van der Waals surface area contributed by atoms with E-state index in [9.17, 15) is 43.2 Å². The second-order valence-electron chi connectivity index (χ2n) is 31.5. The molecule has 0 aliphatic rings. The summed E-state index contributed by atoms with van der Waals surface area (Å²) in [4.78, 5) is 73.3. The number of hydrogen-bond acceptors (Lipinski definition) is 15. The van der Waals surface area contributed by atoms with E-state index in [1.807, 2.05) is 0 Å². The third-order valence-corrected chi connectivity index (χ3v) is 22.8. The van der Waals surface area contributed by atoms with E-state index >= 15 is 0 Å². The Hall–Kier alpha value is -1.94. The molecule has 0 aliphatic carbocycles. The van der Waals surface area contributed by atoms with Crippen molar-refractivity contribution in [2.75, 3.05) is 39.6 Å². The van der Waals surface area contributed by atoms with Crippen molar-refractivity contribution in [2.45, 2.75) is 490 Å². The molecule has 3 N–H and O–H groups in total. The summed E-state index contributed by atoms with van der Waals surface area (Å²) in [5, 5.41) is 10.7. The van der Waals surface area contributed by atoms with Gasteiger partial charge in [0.15, 0.2) is 12.2 Å². The molecule has 19 heteroatoms. The molecular weight excluding hydrogens is 1380 g/mol. The van der Waals surface area contributed by atoms with E-state index in [-0.39, 0.29) is 25.7 Å². The Morgan fingerprint density at radius 2 is 0.453 bits per heavy atom. The first-order chi connectivity index (χ1) is 51.6. The fourth-order valence-corrected chi connectivity index (χ4v) is 15.2. The van der Waals surface area contributed by atoms with Crippen LogP contribution in [-0.2, 0) is 65.4 Å². The van der Waals surface area contributed by atoms with Crippen LogP contribution in [0.1, 0.15) is 471 Å². The van der Waals surface area contributed by atoms with Gasteiger partial charge in [-0.25, -0.2) is 9.13 Å². The molecule has 17 nitrogen and oxygen atoms in total. The molecule has 3 unspecified atom stereocenters. The molecule has 0 radical (unpaired) electrons. The van der Waals surface area contributed by atoms with Crippen molar-refractivity contribution < 1.29 is 80.2 Å². The van der Waals surface area contributed by atoms with E-state index < -0.39 is 97.5 Å². The van der Waals surface area contributed by atoms with Crippen molar-refractivity contribution in [1.29, 1.82) is 0 Å². The summed E-state index contributed by atoms with van der Waals surface area (Å²) in [5.74, 6) is -1.32. The fraction of sp³-hybridized carbons (Fsp3) is 0.954. The lowest BCUT2D eigenvalue weighted by Crippen LogP contribution is -2.30. The summed E-state index contributed by atoms with van der Waals surface area (Å²) in [7, 11) is -9.93. The molecule has 0 fully saturated rings. The van der Waals surface area contributed by atoms with Crippen LogP contribution in [0.5, 0.6) is 0 Å². The van der Waals surface area contributed by atoms with Crippen molar-refractivity contribution in [3.63, 3.8) is 0 Å². The standard InChI is InChI=1S/C87H170O17P2/c1-6-10-13-16-19-22-25-28-31-33-35-36-38-40-42-45-48-51-58-63-68-73-87(92)103-82(76-97-84(89)70-65-60-55-49-46-44-41-39-37-34-32-29-26-23-20-17-14-11-7-2)78-101-105(93,94)99-74-81(88)75-100-106(95,96)102-79-83(77-98-85(90)71-66-61-56-53-52-54-59-64-69-80(5)9-4)104-86(91)72-67-62-57-50-47-43-30-27-24-21-18-15-12-8-3/h80-83,88H,6-79H2,1-5H3,(H,93,94)(H,95,96)/t80?,81-,82-,83-/m1/s1. The van der Waals surface area contributed by atoms with Crippen LogP contribution in [0.25, 0.3) is 0 Å². The Morgan fingerprint density at radius 3 is 0.670 bits per heavy atom. The van der Waals surface area contributed by atoms with E-state index in [2.05, 4.69) is 34.6 Å². The first kappa shape index (κ1) is 104. The number of aliphatic hydroxyl groups is 1. The van der Waals surface area contributed by atoms with Gasteiger partial charge in [0.05, 0.1) is 26.4 Å². The van der Waals surface area contributed by atoms with Crippen LogP contribution in [0.3, 0.4) is 0 Å². The van der Waals surface area contributed by atoms with Gasteiger partial charge in [-0.2, -0.15) is 0 Å². The number of ether oxygens (including phenoxy) is 4. The second kappa shape index (κ2) is 79.7. The van der Waals surface area contributed by atoms with Gasteiger partial charge in [-0.05, 0) is 31.6 Å². The van der Waals surface area contributed by atoms with Crippen molar-refractivity contribution in [3.05, 3.63) is 0 Å². The number of hydrogen-bond donors (Lipinski definition) is 3. The quantitative estimate of drug-likeness (QED) is 0.0222. The zero-order valence-electron chi connectivity index (χ0n) is 69.6. The van der Waals surface area contributed by atoms with Gasteiger partial charge in [0.2, 0.25) is 0 Å². The largest absolute Gasteiger partial charge is 0.472 e. The van der Waals surface area contributed by atoms with E-state index in [4.69, 9.17) is 37.0 Å². The molecule has 0 bridgehead atoms. The number of aliphatic hydroxyl groups excluding tert-OH is 1. The minimum absolute atomic E-state index is 0.108. The van der Waals surface area contributed by atoms with Crippen LogP contribution in [0.15, 0.2) is 0 Å². The van der Waals surface area contributed by atoms with Crippen molar-refractivity contribution >= 4 is 39.5 Å². The third-order valence-electron chi connectivity index (χ3n) is 20.9. The minimum atomic E-state index is -4.97. The predicted molar refractivity (Wildman–Crippen MR) is 437 cm³/mol. The fourth-order valence-electron chi connectivity index (χ4n) is 13.6. The summed E-state index contributed by atoms with van der Waals surface area (Å²) < 4.78 is 68.9. The van der Waals surface area contributed by atoms with Gasteiger partial charge in [-0.15, -0.1) is 0 Å². The molecule has 0 spiro atoms. The second-order valence-corrected chi connectivity index (χ2v) is 34.4. The van der Waals surface area contributed by atoms with Gasteiger partial charge in [0.1, 0.15) is 19.3 Å². The Labute approximate surface area is 651 Å². The average Bonchev–Trinajstić information content (AvgIpc) is 0.911. The lowest BCUT2D eigenvalue weighted by Gasteiger charge is -2.21. The Balaban J connectivity index is 5.24. The van der Waals surface area contributed by atoms with Crippen LogP contribution >= 0.6 is 15.6 Å². The summed E-state index contributed by atoms with van der Waals surface area (Å²) >= 11 is 0. The number of phosphoric ester groups is 2. The molecular formula is C87H170O17P2. The highest BCUT2D eigenvalue weighted by Gasteiger charge is 2.30. The summed E-state index contributed by atoms with van der Waals surface area (Å²) in [6.07, 6.45) is 73.6. The zero-order valence-corrected chi connectivity index (χ0v) is 71.4. The lowest BCUT2D eigenvalue weighted by molar-refractivity contribution is -0.161. The molecule has 0 saturated carbocycles. The van der Waals surface area contributed by atoms with E-state index in [0.717, 1.165) is 95.8 Å². The summed E-state index contributed by atoms with van der Waals surface area (Å²) in [6, 6.07) is 0. The molecule has 106 heavy (non-hydrogen) atoms. The summed E-state index contributed by atoms with van der Waals surface area (Å²) in [6.45, 7) is 7.37. The van der Waals surface area contributed by atoms with Gasteiger partial charge in [0, 0.05) is 25.7 Å². The predicted octanol–water partition coefficient (Wildman–Crippen LogP) is 26.8. The monoisotopic (exact) mass is 1550 g/mol. The molecule has 0 aliphatic heterocycles. The lowest BCUT2D eigenvalue weighted by atomic mass is 9.99. The van der Waals surface area contributed by atoms with Crippen LogP contribution < -0.4 is 0 Å². The smallest absolute Gasteiger partial charge is 0.462 e. The molecule has 0 saturated heterocycles. The van der Waals surface area contributed by atoms with Crippen molar-refractivity contribution in [2.24, 2.45) is 5.92 Å². The van der Waals surface area contributed by atoms with Gasteiger partial charge in [-0.3, -0.25) is 37.3 Å². The molecule has 0 aromatic carbocycles. The number of carbonyl (C=O) groups is 4. The number of esters is 4. The first-order valence-corrected chi connectivity index (χ1v) is 48.2. The van der Waals surface area contributed by atoms with E-state index in [0.29, 0.717) is 25.7 Å². The van der Waals surface area contributed by atoms with Gasteiger partial charge >= 0.3 is 39.5 Å². The Morgan fingerprint density at radius 1 is 0.264 bits per heavy atom. The molecule has 0 rings (SSSR count). The molecule has 0 heterocycles. The normalized spacial score (nSPS) is 14.0. The maximum absolute atomic E-state index is 13.2. The van der Waals surface area contributed by atoms with E-state index in [1.54, 1.807) is 0 Å². The molecule has 0 amide bonds. The van der Waals surface area contributed by atoms with Crippen LogP contribution in [-0.4, -0.2) is 96.7 Å². The molecule has 630 valence electrons. The SMILES string of the molecule is CCCCCCCCCCCCCCCCCCCCCCCC(=O)O[C@H](COC(=O)CCCCCCCCCCCCCCCCCCCCC)COP(=O)(O)OC[C@@H](O)COP(=O)(O)OC[C@@H](COC(=O)CCCCCCCCCCC(C)CC)OC(=O)CCCCCCCCCCCCCCCC. The Bertz CT molecular complexity index is 2020. The zero-order chi connectivity index (χ0) is 77.6. The molecule has 0 aromatic heterocycles. The third kappa shape index (κ3) is 78.7. The molecule has 0 aromatic rings. The van der Waals surface area contributed by atoms with Crippen molar-refractivity contribution in [3.8, 4) is 0 Å². The van der Waals surface area contributed by atoms with Crippen molar-refractivity contribution in [1.82, 2.24) is 0 Å². The van der Waals surface area contributed by atoms with Gasteiger partial charge in [-0.1, -0.05) is 420 Å². The highest BCUT2D eigenvalue weighted by atomic mass is 31.2. The molecule has 6 atom stereocenters. The van der Waals surface area contributed by atoms with E-state index in [1.165, 1.54) is 295 Å². The maximum atomic E-state index is 13.2. The van der Waals surface area contributed by atoms with Gasteiger partial charge < -0.3 is 33.8 Å². The number of phosphoric acid groups is 2. The minimum Gasteiger partial charge on any atom is -0.462 e. The summed E-state index contributed by atoms with van der Waals surface area (Å²) in [5.41, 5.74) is 0. The van der Waals surface area contributed by atoms with Gasteiger partial charge in [0.25, 0.3) is 0 Å². The Kier molecular flexibility index (Phi) is 78.2. The average molecular weight is 1550 g/mol. The number of unbranched alkanes of at least 4 members (excludes halogenated alkanes) is 58. The highest BCUT2D eigenvalue weighted by Crippen LogP contribution is 2.45. The maximum Gasteiger partial charge on any atom is 0.472 e. The van der Waals surface area contributed by atoms with Crippen LogP contribution in [0.4, 0.5) is 0 Å². The highest BCUT2D eigenvalue weighted by molar-refractivity contribution is 7.47. The van der Waals surface area contributed by atoms with Crippen LogP contribution in [0.2, 0.25) is 0 Å². The topological polar surface area (TPSA) is 237 Å². The van der Waals surface area contributed by atoms with Crippen LogP contribution in [0, 0.1) is 5.92 Å². The number of rotatable bonds is 87.